The number of hydrogen-bond donors (Lipinski definition) is 2. The summed E-state index contributed by atoms with van der Waals surface area (Å²) in [4.78, 5) is 36.0. The number of carboxylic acid groups (broad SMARTS) is 1. The summed E-state index contributed by atoms with van der Waals surface area (Å²) in [5, 5.41) is 11.0. The minimum atomic E-state index is -0.849. The second-order valence-electron chi connectivity index (χ2n) is 4.32. The van der Waals surface area contributed by atoms with Crippen LogP contribution in [0.25, 0.3) is 0 Å². The van der Waals surface area contributed by atoms with Gasteiger partial charge in [0.15, 0.2) is 0 Å². The summed E-state index contributed by atoms with van der Waals surface area (Å²) in [5.41, 5.74) is 0. The van der Waals surface area contributed by atoms with E-state index in [1.807, 2.05) is 0 Å². The number of carbonyl (C=O) groups is 3. The number of urea groups is 1. The number of carboxylic acids is 1. The molecule has 7 heteroatoms. The fourth-order valence-corrected chi connectivity index (χ4v) is 1.53. The van der Waals surface area contributed by atoms with Crippen LogP contribution in [-0.2, 0) is 9.59 Å². The van der Waals surface area contributed by atoms with Crippen molar-refractivity contribution in [1.82, 2.24) is 15.1 Å². The molecule has 1 heterocycles. The predicted molar refractivity (Wildman–Crippen MR) is 59.4 cm³/mol. The van der Waals surface area contributed by atoms with Gasteiger partial charge in [-0.2, -0.15) is 0 Å². The molecular weight excluding hydrogens is 226 g/mol. The van der Waals surface area contributed by atoms with E-state index in [1.54, 1.807) is 14.1 Å². The average Bonchev–Trinajstić information content (AvgIpc) is 2.18. The number of likely N-dealkylation sites (tertiary alicyclic amines) is 1. The molecule has 96 valence electrons. The second-order valence-corrected chi connectivity index (χ2v) is 4.32. The molecule has 0 radical (unpaired) electrons. The molecule has 3 amide bonds. The zero-order valence-corrected chi connectivity index (χ0v) is 9.97. The zero-order chi connectivity index (χ0) is 13.0. The van der Waals surface area contributed by atoms with Gasteiger partial charge in [-0.25, -0.2) is 4.79 Å². The SMILES string of the molecule is CN(C)C(=O)CNC(=O)N1CC(CC(=O)O)C1. The van der Waals surface area contributed by atoms with E-state index >= 15 is 0 Å². The van der Waals surface area contributed by atoms with Crippen LogP contribution in [0.2, 0.25) is 0 Å². The standard InChI is InChI=1S/C10H17N3O4/c1-12(2)8(14)4-11-10(17)13-5-7(6-13)3-9(15)16/h7H,3-6H2,1-2H3,(H,11,17)(H,15,16). The van der Waals surface area contributed by atoms with E-state index in [1.165, 1.54) is 9.80 Å². The number of hydrogen-bond acceptors (Lipinski definition) is 3. The highest BCUT2D eigenvalue weighted by Gasteiger charge is 2.32. The number of aliphatic carboxylic acids is 1. The van der Waals surface area contributed by atoms with Crippen molar-refractivity contribution in [2.75, 3.05) is 33.7 Å². The fourth-order valence-electron chi connectivity index (χ4n) is 1.53. The lowest BCUT2D eigenvalue weighted by Crippen LogP contribution is -2.55. The van der Waals surface area contributed by atoms with Crippen molar-refractivity contribution >= 4 is 17.9 Å². The Hall–Kier alpha value is -1.79. The largest absolute Gasteiger partial charge is 0.481 e. The predicted octanol–water partition coefficient (Wildman–Crippen LogP) is -0.809. The molecule has 0 bridgehead atoms. The normalized spacial score (nSPS) is 15.1. The molecule has 0 spiro atoms. The van der Waals surface area contributed by atoms with Gasteiger partial charge >= 0.3 is 12.0 Å². The third-order valence-electron chi connectivity index (χ3n) is 2.60. The molecule has 1 aliphatic heterocycles. The Morgan fingerprint density at radius 3 is 2.41 bits per heavy atom. The van der Waals surface area contributed by atoms with Gasteiger partial charge in [0.25, 0.3) is 0 Å². The van der Waals surface area contributed by atoms with Crippen molar-refractivity contribution in [2.45, 2.75) is 6.42 Å². The van der Waals surface area contributed by atoms with Crippen LogP contribution < -0.4 is 5.32 Å². The smallest absolute Gasteiger partial charge is 0.317 e. The minimum Gasteiger partial charge on any atom is -0.481 e. The number of rotatable bonds is 4. The van der Waals surface area contributed by atoms with Crippen LogP contribution in [0.15, 0.2) is 0 Å². The fraction of sp³-hybridized carbons (Fsp3) is 0.700. The Kier molecular flexibility index (Phi) is 4.30. The number of nitrogens with zero attached hydrogens (tertiary/aromatic N) is 2. The summed E-state index contributed by atoms with van der Waals surface area (Å²) in [7, 11) is 3.22. The summed E-state index contributed by atoms with van der Waals surface area (Å²) in [6.07, 6.45) is 0.0837. The Morgan fingerprint density at radius 1 is 1.35 bits per heavy atom. The number of likely N-dealkylation sites (N-methyl/N-ethyl adjacent to an activating group) is 1. The lowest BCUT2D eigenvalue weighted by Gasteiger charge is -2.38. The maximum absolute atomic E-state index is 11.5. The highest BCUT2D eigenvalue weighted by Crippen LogP contribution is 2.18. The number of amides is 3. The summed E-state index contributed by atoms with van der Waals surface area (Å²) >= 11 is 0. The first kappa shape index (κ1) is 13.3. The second kappa shape index (κ2) is 5.51. The minimum absolute atomic E-state index is 0.0304. The van der Waals surface area contributed by atoms with Gasteiger partial charge in [-0.3, -0.25) is 9.59 Å². The maximum atomic E-state index is 11.5. The summed E-state index contributed by atoms with van der Waals surface area (Å²) in [6.45, 7) is 0.842. The lowest BCUT2D eigenvalue weighted by atomic mass is 9.97. The van der Waals surface area contributed by atoms with E-state index in [0.29, 0.717) is 13.1 Å². The van der Waals surface area contributed by atoms with E-state index in [2.05, 4.69) is 5.32 Å². The van der Waals surface area contributed by atoms with Gasteiger partial charge in [0.05, 0.1) is 13.0 Å². The van der Waals surface area contributed by atoms with E-state index in [9.17, 15) is 14.4 Å². The molecular formula is C10H17N3O4. The first-order valence-corrected chi connectivity index (χ1v) is 5.35. The van der Waals surface area contributed by atoms with Crippen molar-refractivity contribution < 1.29 is 19.5 Å². The molecule has 0 atom stereocenters. The Labute approximate surface area is 99.4 Å². The first-order valence-electron chi connectivity index (χ1n) is 5.35. The van der Waals surface area contributed by atoms with Gasteiger partial charge < -0.3 is 20.2 Å². The zero-order valence-electron chi connectivity index (χ0n) is 9.97. The van der Waals surface area contributed by atoms with Crippen molar-refractivity contribution in [1.29, 1.82) is 0 Å². The van der Waals surface area contributed by atoms with Crippen LogP contribution >= 0.6 is 0 Å². The van der Waals surface area contributed by atoms with Gasteiger partial charge in [-0.15, -0.1) is 0 Å². The molecule has 1 aliphatic rings. The highest BCUT2D eigenvalue weighted by atomic mass is 16.4. The molecule has 1 fully saturated rings. The van der Waals surface area contributed by atoms with Gasteiger partial charge in [0, 0.05) is 33.1 Å². The molecule has 1 saturated heterocycles. The van der Waals surface area contributed by atoms with Gasteiger partial charge in [0.1, 0.15) is 0 Å². The molecule has 0 saturated carbocycles. The number of carbonyl (C=O) groups excluding carboxylic acids is 2. The van der Waals surface area contributed by atoms with E-state index in [0.717, 1.165) is 0 Å². The quantitative estimate of drug-likeness (QED) is 0.675. The Bertz CT molecular complexity index is 324. The van der Waals surface area contributed by atoms with Crippen molar-refractivity contribution in [3.63, 3.8) is 0 Å². The average molecular weight is 243 g/mol. The molecule has 0 aliphatic carbocycles. The monoisotopic (exact) mass is 243 g/mol. The van der Waals surface area contributed by atoms with Gasteiger partial charge in [-0.1, -0.05) is 0 Å². The van der Waals surface area contributed by atoms with Crippen molar-refractivity contribution in [3.8, 4) is 0 Å². The van der Waals surface area contributed by atoms with Gasteiger partial charge in [0.2, 0.25) is 5.91 Å². The molecule has 0 unspecified atom stereocenters. The summed E-state index contributed by atoms with van der Waals surface area (Å²) < 4.78 is 0. The lowest BCUT2D eigenvalue weighted by molar-refractivity contribution is -0.139. The molecule has 0 aromatic rings. The van der Waals surface area contributed by atoms with Crippen LogP contribution in [0.1, 0.15) is 6.42 Å². The molecule has 0 aromatic heterocycles. The molecule has 0 aromatic carbocycles. The topological polar surface area (TPSA) is 90.0 Å². The van der Waals surface area contributed by atoms with Crippen LogP contribution in [0.4, 0.5) is 4.79 Å². The summed E-state index contributed by atoms with van der Waals surface area (Å²) in [5.74, 6) is -0.999. The van der Waals surface area contributed by atoms with Crippen LogP contribution in [0.5, 0.6) is 0 Å². The van der Waals surface area contributed by atoms with E-state index in [-0.39, 0.29) is 30.8 Å². The third kappa shape index (κ3) is 3.93. The molecule has 17 heavy (non-hydrogen) atoms. The number of nitrogens with one attached hydrogen (secondary N) is 1. The Balaban J connectivity index is 2.19. The first-order chi connectivity index (χ1) is 7.90. The summed E-state index contributed by atoms with van der Waals surface area (Å²) in [6, 6.07) is -0.318. The van der Waals surface area contributed by atoms with Crippen LogP contribution in [0, 0.1) is 5.92 Å². The van der Waals surface area contributed by atoms with Crippen molar-refractivity contribution in [3.05, 3.63) is 0 Å². The van der Waals surface area contributed by atoms with Gasteiger partial charge in [-0.05, 0) is 0 Å². The van der Waals surface area contributed by atoms with Crippen LogP contribution in [-0.4, -0.2) is 66.5 Å². The molecule has 7 nitrogen and oxygen atoms in total. The van der Waals surface area contributed by atoms with Crippen LogP contribution in [0.3, 0.4) is 0 Å². The van der Waals surface area contributed by atoms with E-state index in [4.69, 9.17) is 5.11 Å². The highest BCUT2D eigenvalue weighted by molar-refractivity contribution is 5.84. The molecule has 2 N–H and O–H groups in total. The maximum Gasteiger partial charge on any atom is 0.317 e. The Morgan fingerprint density at radius 2 is 1.94 bits per heavy atom. The van der Waals surface area contributed by atoms with E-state index < -0.39 is 5.97 Å². The van der Waals surface area contributed by atoms with Crippen molar-refractivity contribution in [2.24, 2.45) is 5.92 Å². The molecule has 1 rings (SSSR count). The third-order valence-corrected chi connectivity index (χ3v) is 2.60.